The van der Waals surface area contributed by atoms with Crippen LogP contribution in [0.3, 0.4) is 0 Å². The number of benzene rings is 1. The van der Waals surface area contributed by atoms with Gasteiger partial charge in [-0.3, -0.25) is 9.52 Å². The first-order valence-electron chi connectivity index (χ1n) is 12.2. The molecule has 0 atom stereocenters. The highest BCUT2D eigenvalue weighted by atomic mass is 32.2. The minimum atomic E-state index is -3.68. The summed E-state index contributed by atoms with van der Waals surface area (Å²) in [6.45, 7) is 5.62. The zero-order valence-electron chi connectivity index (χ0n) is 20.3. The second-order valence-electron chi connectivity index (χ2n) is 9.53. The number of aliphatic hydroxyl groups excluding tert-OH is 1. The third-order valence-corrected chi connectivity index (χ3v) is 7.91. The van der Waals surface area contributed by atoms with Gasteiger partial charge in [-0.2, -0.15) is 4.98 Å². The van der Waals surface area contributed by atoms with Gasteiger partial charge in [-0.05, 0) is 74.3 Å². The predicted molar refractivity (Wildman–Crippen MR) is 137 cm³/mol. The third-order valence-electron chi connectivity index (χ3n) is 6.64. The van der Waals surface area contributed by atoms with Gasteiger partial charge in [-0.25, -0.2) is 8.42 Å². The molecule has 1 amide bonds. The number of nitrogens with zero attached hydrogens (tertiary/aromatic N) is 2. The molecular weight excluding hydrogens is 468 g/mol. The van der Waals surface area contributed by atoms with Crippen molar-refractivity contribution in [2.75, 3.05) is 47.0 Å². The summed E-state index contributed by atoms with van der Waals surface area (Å²) < 4.78 is 32.5. The van der Waals surface area contributed by atoms with E-state index in [9.17, 15) is 13.2 Å². The molecule has 35 heavy (non-hydrogen) atoms. The van der Waals surface area contributed by atoms with E-state index >= 15 is 0 Å². The molecule has 3 N–H and O–H groups in total. The average Bonchev–Trinajstić information content (AvgIpc) is 3.56. The number of aromatic nitrogens is 1. The lowest BCUT2D eigenvalue weighted by Crippen LogP contribution is -2.35. The van der Waals surface area contributed by atoms with Crippen LogP contribution >= 0.6 is 0 Å². The van der Waals surface area contributed by atoms with Crippen molar-refractivity contribution in [2.45, 2.75) is 46.0 Å². The number of amides is 1. The van der Waals surface area contributed by atoms with Gasteiger partial charge in [0.2, 0.25) is 15.9 Å². The summed E-state index contributed by atoms with van der Waals surface area (Å²) >= 11 is 0. The molecule has 2 fully saturated rings. The lowest BCUT2D eigenvalue weighted by molar-refractivity contribution is 0.102. The first-order chi connectivity index (χ1) is 16.7. The van der Waals surface area contributed by atoms with Crippen molar-refractivity contribution in [2.24, 2.45) is 5.41 Å². The van der Waals surface area contributed by atoms with E-state index in [1.807, 2.05) is 19.9 Å². The van der Waals surface area contributed by atoms with Crippen molar-refractivity contribution < 1.29 is 23.1 Å². The van der Waals surface area contributed by atoms with Gasteiger partial charge in [-0.15, -0.1) is 0 Å². The van der Waals surface area contributed by atoms with Gasteiger partial charge in [0.05, 0.1) is 35.9 Å². The van der Waals surface area contributed by atoms with Crippen LogP contribution in [-0.2, 0) is 10.0 Å². The van der Waals surface area contributed by atoms with Gasteiger partial charge in [0, 0.05) is 19.2 Å². The molecule has 1 aromatic heterocycles. The number of rotatable bonds is 10. The van der Waals surface area contributed by atoms with E-state index in [0.717, 1.165) is 37.9 Å². The Morgan fingerprint density at radius 2 is 1.91 bits per heavy atom. The molecule has 2 heterocycles. The molecule has 1 aliphatic carbocycles. The largest absolute Gasteiger partial charge is 0.478 e. The van der Waals surface area contributed by atoms with Crippen LogP contribution < -0.4 is 19.7 Å². The molecule has 10 heteroatoms. The molecule has 0 bridgehead atoms. The molecule has 1 aliphatic heterocycles. The lowest BCUT2D eigenvalue weighted by Gasteiger charge is -2.35. The van der Waals surface area contributed by atoms with E-state index in [-0.39, 0.29) is 5.91 Å². The minimum Gasteiger partial charge on any atom is -0.478 e. The van der Waals surface area contributed by atoms with Crippen LogP contribution in [0.15, 0.2) is 30.3 Å². The highest BCUT2D eigenvalue weighted by Gasteiger charge is 2.44. The first kappa shape index (κ1) is 25.2. The predicted octanol–water partition coefficient (Wildman–Crippen LogP) is 3.55. The van der Waals surface area contributed by atoms with Gasteiger partial charge in [0.15, 0.2) is 0 Å². The number of hydrogen-bond donors (Lipinski definition) is 3. The molecule has 1 saturated carbocycles. The fourth-order valence-electron chi connectivity index (χ4n) is 4.46. The highest BCUT2D eigenvalue weighted by molar-refractivity contribution is 7.92. The molecular formula is C25H34N4O5S. The SMILES string of the molecule is CCCOc1cc(C)cc(NC(=O)c2ccc(NS(=O)(=O)CCO)cc2N2CCC3(CC2)CC3)n1. The number of carbonyl (C=O) groups excluding carboxylic acids is 1. The number of hydrogen-bond acceptors (Lipinski definition) is 7. The molecule has 4 rings (SSSR count). The topological polar surface area (TPSA) is 121 Å². The number of aryl methyl sites for hydroxylation is 1. The van der Waals surface area contributed by atoms with E-state index in [4.69, 9.17) is 9.84 Å². The Balaban J connectivity index is 1.60. The molecule has 9 nitrogen and oxygen atoms in total. The lowest BCUT2D eigenvalue weighted by atomic mass is 9.93. The number of pyridine rings is 1. The zero-order chi connectivity index (χ0) is 25.1. The molecule has 1 aromatic carbocycles. The number of ether oxygens (including phenoxy) is 1. The second-order valence-corrected chi connectivity index (χ2v) is 11.4. The van der Waals surface area contributed by atoms with Gasteiger partial charge in [-0.1, -0.05) is 6.92 Å². The van der Waals surface area contributed by atoms with Gasteiger partial charge >= 0.3 is 0 Å². The Kier molecular flexibility index (Phi) is 7.51. The number of carbonyl (C=O) groups is 1. The quantitative estimate of drug-likeness (QED) is 0.454. The standard InChI is InChI=1S/C25H34N4O5S/c1-3-13-34-23-16-18(2)15-22(26-23)27-24(31)20-5-4-19(28-35(32,33)14-12-30)17-21(20)29-10-8-25(6-7-25)9-11-29/h4-5,15-17,28,30H,3,6-14H2,1-2H3,(H,26,27,31). The van der Waals surface area contributed by atoms with Crippen LogP contribution in [0.1, 0.15) is 54.9 Å². The monoisotopic (exact) mass is 502 g/mol. The smallest absolute Gasteiger partial charge is 0.258 e. The first-order valence-corrected chi connectivity index (χ1v) is 13.8. The summed E-state index contributed by atoms with van der Waals surface area (Å²) in [6, 6.07) is 8.51. The summed E-state index contributed by atoms with van der Waals surface area (Å²) in [7, 11) is -3.68. The van der Waals surface area contributed by atoms with Crippen molar-refractivity contribution in [1.82, 2.24) is 4.98 Å². The summed E-state index contributed by atoms with van der Waals surface area (Å²) in [5.41, 5.74) is 2.86. The van der Waals surface area contributed by atoms with E-state index in [2.05, 4.69) is 19.9 Å². The Morgan fingerprint density at radius 3 is 2.57 bits per heavy atom. The molecule has 190 valence electrons. The van der Waals surface area contributed by atoms with E-state index in [1.165, 1.54) is 12.8 Å². The number of sulfonamides is 1. The minimum absolute atomic E-state index is 0.323. The maximum Gasteiger partial charge on any atom is 0.258 e. The third kappa shape index (κ3) is 6.43. The van der Waals surface area contributed by atoms with Crippen molar-refractivity contribution in [3.63, 3.8) is 0 Å². The van der Waals surface area contributed by atoms with Gasteiger partial charge in [0.1, 0.15) is 5.82 Å². The maximum absolute atomic E-state index is 13.4. The molecule has 2 aromatic rings. The van der Waals surface area contributed by atoms with E-state index in [0.29, 0.717) is 40.7 Å². The fourth-order valence-corrected chi connectivity index (χ4v) is 5.29. The summed E-state index contributed by atoms with van der Waals surface area (Å²) in [5.74, 6) is 0.145. The summed E-state index contributed by atoms with van der Waals surface area (Å²) in [6.07, 6.45) is 5.50. The van der Waals surface area contributed by atoms with Crippen LogP contribution in [0.5, 0.6) is 5.88 Å². The Labute approximate surface area is 206 Å². The Morgan fingerprint density at radius 1 is 1.17 bits per heavy atom. The fraction of sp³-hybridized carbons (Fsp3) is 0.520. The van der Waals surface area contributed by atoms with E-state index < -0.39 is 22.4 Å². The number of nitrogens with one attached hydrogen (secondary N) is 2. The normalized spacial score (nSPS) is 16.7. The summed E-state index contributed by atoms with van der Waals surface area (Å²) in [4.78, 5) is 19.9. The molecule has 2 aliphatic rings. The maximum atomic E-state index is 13.4. The zero-order valence-corrected chi connectivity index (χ0v) is 21.2. The Hall–Kier alpha value is -2.85. The van der Waals surface area contributed by atoms with Crippen molar-refractivity contribution in [1.29, 1.82) is 0 Å². The molecule has 1 spiro atoms. The molecule has 0 radical (unpaired) electrons. The highest BCUT2D eigenvalue weighted by Crippen LogP contribution is 2.54. The van der Waals surface area contributed by atoms with E-state index in [1.54, 1.807) is 24.3 Å². The Bertz CT molecular complexity index is 1170. The van der Waals surface area contributed by atoms with Crippen LogP contribution in [0, 0.1) is 12.3 Å². The van der Waals surface area contributed by atoms with Gasteiger partial charge in [0.25, 0.3) is 5.91 Å². The van der Waals surface area contributed by atoms with Crippen molar-refractivity contribution in [3.8, 4) is 5.88 Å². The second kappa shape index (κ2) is 10.4. The number of piperidine rings is 1. The molecule has 0 unspecified atom stereocenters. The van der Waals surface area contributed by atoms with Crippen LogP contribution in [0.2, 0.25) is 0 Å². The van der Waals surface area contributed by atoms with Crippen LogP contribution in [0.25, 0.3) is 0 Å². The number of anilines is 3. The average molecular weight is 503 g/mol. The molecule has 1 saturated heterocycles. The number of aliphatic hydroxyl groups is 1. The van der Waals surface area contributed by atoms with Crippen LogP contribution in [-0.4, -0.2) is 56.5 Å². The van der Waals surface area contributed by atoms with Crippen molar-refractivity contribution >= 4 is 33.1 Å². The van der Waals surface area contributed by atoms with Crippen molar-refractivity contribution in [3.05, 3.63) is 41.5 Å². The van der Waals surface area contributed by atoms with Gasteiger partial charge < -0.3 is 20.1 Å². The summed E-state index contributed by atoms with van der Waals surface area (Å²) in [5, 5.41) is 11.9. The van der Waals surface area contributed by atoms with Crippen LogP contribution in [0.4, 0.5) is 17.2 Å².